The molecule has 0 aromatic heterocycles. The Hall–Kier alpha value is -0.770. The molecule has 0 aromatic rings. The Morgan fingerprint density at radius 1 is 1.22 bits per heavy atom. The molecule has 5 unspecified atom stereocenters. The summed E-state index contributed by atoms with van der Waals surface area (Å²) in [5.41, 5.74) is 0. The molecule has 5 heteroatoms. The largest absolute Gasteiger partial charge is 0.335 e. The number of carbonyl (C=O) groups is 2. The van der Waals surface area contributed by atoms with Crippen LogP contribution in [0.15, 0.2) is 0 Å². The smallest absolute Gasteiger partial charge is 0.321 e. The van der Waals surface area contributed by atoms with Crippen LogP contribution >= 0.6 is 11.6 Å². The number of rotatable bonds is 3. The SMILES string of the molecule is CC(Cl)C(=O)NC(=O)NC(C)C1CC2CCC1C2. The number of fused-ring (bicyclic) bond motifs is 2. The molecule has 0 heterocycles. The van der Waals surface area contributed by atoms with Gasteiger partial charge in [-0.1, -0.05) is 6.42 Å². The van der Waals surface area contributed by atoms with E-state index in [-0.39, 0.29) is 6.04 Å². The summed E-state index contributed by atoms with van der Waals surface area (Å²) in [5, 5.41) is 4.43. The van der Waals surface area contributed by atoms with Crippen molar-refractivity contribution in [1.82, 2.24) is 10.6 Å². The number of hydrogen-bond donors (Lipinski definition) is 2. The standard InChI is InChI=1S/C13H21ClN2O2/c1-7(14)12(17)16-13(18)15-8(2)11-6-9-3-4-10(11)5-9/h7-11H,3-6H2,1-2H3,(H2,15,16,17,18). The van der Waals surface area contributed by atoms with Gasteiger partial charge in [-0.15, -0.1) is 11.6 Å². The summed E-state index contributed by atoms with van der Waals surface area (Å²) < 4.78 is 0. The summed E-state index contributed by atoms with van der Waals surface area (Å²) in [4.78, 5) is 22.9. The van der Waals surface area contributed by atoms with Gasteiger partial charge in [0.1, 0.15) is 5.38 Å². The van der Waals surface area contributed by atoms with E-state index in [4.69, 9.17) is 11.6 Å². The number of carbonyl (C=O) groups excluding carboxylic acids is 2. The van der Waals surface area contributed by atoms with Crippen LogP contribution in [0.3, 0.4) is 0 Å². The fraction of sp³-hybridized carbons (Fsp3) is 0.846. The fourth-order valence-corrected chi connectivity index (χ4v) is 3.52. The van der Waals surface area contributed by atoms with Crippen molar-refractivity contribution in [2.24, 2.45) is 17.8 Å². The second kappa shape index (κ2) is 5.47. The molecule has 0 spiro atoms. The number of imide groups is 1. The highest BCUT2D eigenvalue weighted by atomic mass is 35.5. The average molecular weight is 273 g/mol. The third-order valence-corrected chi connectivity index (χ3v) is 4.59. The molecule has 2 rings (SSSR count). The first-order valence-corrected chi connectivity index (χ1v) is 7.16. The van der Waals surface area contributed by atoms with E-state index in [2.05, 4.69) is 10.6 Å². The lowest BCUT2D eigenvalue weighted by Crippen LogP contribution is -2.48. The first kappa shape index (κ1) is 13.7. The Kier molecular flexibility index (Phi) is 4.15. The van der Waals surface area contributed by atoms with E-state index >= 15 is 0 Å². The van der Waals surface area contributed by atoms with Crippen LogP contribution in [0.1, 0.15) is 39.5 Å². The second-order valence-corrected chi connectivity index (χ2v) is 6.36. The minimum atomic E-state index is -0.687. The molecular weight excluding hydrogens is 252 g/mol. The van der Waals surface area contributed by atoms with E-state index in [0.717, 1.165) is 11.8 Å². The summed E-state index contributed by atoms with van der Waals surface area (Å²) in [7, 11) is 0. The number of alkyl halides is 1. The van der Waals surface area contributed by atoms with Gasteiger partial charge < -0.3 is 5.32 Å². The molecule has 18 heavy (non-hydrogen) atoms. The normalized spacial score (nSPS) is 32.9. The summed E-state index contributed by atoms with van der Waals surface area (Å²) in [6.07, 6.45) is 5.17. The molecule has 102 valence electrons. The van der Waals surface area contributed by atoms with E-state index in [1.54, 1.807) is 6.92 Å². The van der Waals surface area contributed by atoms with E-state index in [1.807, 2.05) is 6.92 Å². The third-order valence-electron chi connectivity index (χ3n) is 4.39. The number of hydrogen-bond acceptors (Lipinski definition) is 2. The fourth-order valence-electron chi connectivity index (χ4n) is 3.47. The predicted molar refractivity (Wildman–Crippen MR) is 70.4 cm³/mol. The second-order valence-electron chi connectivity index (χ2n) is 5.71. The molecule has 4 nitrogen and oxygen atoms in total. The lowest BCUT2D eigenvalue weighted by molar-refractivity contribution is -0.119. The lowest BCUT2D eigenvalue weighted by atomic mass is 9.84. The summed E-state index contributed by atoms with van der Waals surface area (Å²) >= 11 is 5.60. The molecule has 0 radical (unpaired) electrons. The van der Waals surface area contributed by atoms with Crippen LogP contribution in [0.25, 0.3) is 0 Å². The first-order valence-electron chi connectivity index (χ1n) is 6.72. The molecule has 2 bridgehead atoms. The quantitative estimate of drug-likeness (QED) is 0.775. The molecular formula is C13H21ClN2O2. The number of urea groups is 1. The van der Waals surface area contributed by atoms with Crippen molar-refractivity contribution in [3.8, 4) is 0 Å². The topological polar surface area (TPSA) is 58.2 Å². The van der Waals surface area contributed by atoms with Crippen LogP contribution < -0.4 is 10.6 Å². The zero-order valence-electron chi connectivity index (χ0n) is 10.9. The molecule has 2 aliphatic rings. The van der Waals surface area contributed by atoms with Crippen LogP contribution in [0, 0.1) is 17.8 Å². The number of halogens is 1. The van der Waals surface area contributed by atoms with Gasteiger partial charge in [-0.05, 0) is 50.9 Å². The van der Waals surface area contributed by atoms with Gasteiger partial charge in [0, 0.05) is 6.04 Å². The van der Waals surface area contributed by atoms with E-state index in [9.17, 15) is 9.59 Å². The van der Waals surface area contributed by atoms with Crippen LogP contribution in [0.4, 0.5) is 4.79 Å². The molecule has 2 saturated carbocycles. The van der Waals surface area contributed by atoms with Crippen LogP contribution in [0.2, 0.25) is 0 Å². The van der Waals surface area contributed by atoms with Crippen molar-refractivity contribution in [2.75, 3.05) is 0 Å². The molecule has 3 amide bonds. The number of nitrogens with one attached hydrogen (secondary N) is 2. The average Bonchev–Trinajstić information content (AvgIpc) is 2.89. The van der Waals surface area contributed by atoms with Gasteiger partial charge >= 0.3 is 6.03 Å². The van der Waals surface area contributed by atoms with Gasteiger partial charge in [-0.25, -0.2) is 4.79 Å². The van der Waals surface area contributed by atoms with Gasteiger partial charge in [-0.2, -0.15) is 0 Å². The molecule has 2 N–H and O–H groups in total. The summed E-state index contributed by atoms with van der Waals surface area (Å²) in [6.45, 7) is 3.57. The Morgan fingerprint density at radius 3 is 2.44 bits per heavy atom. The summed E-state index contributed by atoms with van der Waals surface area (Å²) in [6, 6.07) is -0.304. The zero-order chi connectivity index (χ0) is 13.3. The van der Waals surface area contributed by atoms with E-state index in [1.165, 1.54) is 25.7 Å². The molecule has 5 atom stereocenters. The first-order chi connectivity index (χ1) is 8.47. The highest BCUT2D eigenvalue weighted by Gasteiger charge is 2.42. The Balaban J connectivity index is 1.79. The van der Waals surface area contributed by atoms with Gasteiger partial charge in [0.05, 0.1) is 0 Å². The highest BCUT2D eigenvalue weighted by Crippen LogP contribution is 2.49. The van der Waals surface area contributed by atoms with Crippen molar-refractivity contribution in [3.63, 3.8) is 0 Å². The van der Waals surface area contributed by atoms with Crippen LogP contribution in [-0.2, 0) is 4.79 Å². The van der Waals surface area contributed by atoms with Crippen LogP contribution in [-0.4, -0.2) is 23.4 Å². The maximum Gasteiger partial charge on any atom is 0.321 e. The van der Waals surface area contributed by atoms with Crippen molar-refractivity contribution < 1.29 is 9.59 Å². The summed E-state index contributed by atoms with van der Waals surface area (Å²) in [5.74, 6) is 1.73. The van der Waals surface area contributed by atoms with Crippen molar-refractivity contribution >= 4 is 23.5 Å². The van der Waals surface area contributed by atoms with Crippen molar-refractivity contribution in [3.05, 3.63) is 0 Å². The lowest BCUT2D eigenvalue weighted by Gasteiger charge is -2.28. The third kappa shape index (κ3) is 2.97. The van der Waals surface area contributed by atoms with Gasteiger partial charge in [0.2, 0.25) is 5.91 Å². The monoisotopic (exact) mass is 272 g/mol. The van der Waals surface area contributed by atoms with Crippen LogP contribution in [0.5, 0.6) is 0 Å². The number of amides is 3. The minimum absolute atomic E-state index is 0.124. The highest BCUT2D eigenvalue weighted by molar-refractivity contribution is 6.31. The van der Waals surface area contributed by atoms with Gasteiger partial charge in [-0.3, -0.25) is 10.1 Å². The zero-order valence-corrected chi connectivity index (χ0v) is 11.7. The van der Waals surface area contributed by atoms with Gasteiger partial charge in [0.25, 0.3) is 0 Å². The predicted octanol–water partition coefficient (Wildman–Crippen LogP) is 2.26. The Labute approximate surface area is 113 Å². The van der Waals surface area contributed by atoms with E-state index in [0.29, 0.717) is 5.92 Å². The molecule has 0 saturated heterocycles. The maximum atomic E-state index is 11.6. The maximum absolute atomic E-state index is 11.6. The molecule has 2 fully saturated rings. The Morgan fingerprint density at radius 2 is 1.94 bits per heavy atom. The molecule has 0 aromatic carbocycles. The van der Waals surface area contributed by atoms with Crippen molar-refractivity contribution in [2.45, 2.75) is 50.9 Å². The Bertz CT molecular complexity index is 346. The molecule has 2 aliphatic carbocycles. The van der Waals surface area contributed by atoms with Gasteiger partial charge in [0.15, 0.2) is 0 Å². The van der Waals surface area contributed by atoms with E-state index < -0.39 is 17.3 Å². The van der Waals surface area contributed by atoms with Crippen molar-refractivity contribution in [1.29, 1.82) is 0 Å². The minimum Gasteiger partial charge on any atom is -0.335 e. The molecule has 0 aliphatic heterocycles.